The highest BCUT2D eigenvalue weighted by Gasteiger charge is 2.18. The van der Waals surface area contributed by atoms with Gasteiger partial charge in [-0.3, -0.25) is 4.79 Å². The lowest BCUT2D eigenvalue weighted by molar-refractivity contribution is -0.128. The summed E-state index contributed by atoms with van der Waals surface area (Å²) in [4.78, 5) is 12.4. The smallest absolute Gasteiger partial charge is 0.261 e. The van der Waals surface area contributed by atoms with E-state index in [0.717, 1.165) is 17.1 Å². The Morgan fingerprint density at radius 2 is 1.67 bits per heavy atom. The van der Waals surface area contributed by atoms with Crippen molar-refractivity contribution >= 4 is 5.91 Å². The van der Waals surface area contributed by atoms with Crippen molar-refractivity contribution in [2.24, 2.45) is 0 Å². The molecule has 24 heavy (non-hydrogen) atoms. The van der Waals surface area contributed by atoms with Crippen LogP contribution in [0.15, 0.2) is 48.5 Å². The van der Waals surface area contributed by atoms with E-state index in [-0.39, 0.29) is 5.91 Å². The summed E-state index contributed by atoms with van der Waals surface area (Å²) in [5.41, 5.74) is 0.924. The number of hydrogen-bond donors (Lipinski definition) is 1. The Hall–Kier alpha value is -2.69. The van der Waals surface area contributed by atoms with Crippen molar-refractivity contribution in [3.05, 3.63) is 54.1 Å². The summed E-state index contributed by atoms with van der Waals surface area (Å²) >= 11 is 0. The lowest BCUT2D eigenvalue weighted by Gasteiger charge is -2.18. The molecule has 0 radical (unpaired) electrons. The normalized spacial score (nSPS) is 11.5. The second kappa shape index (κ2) is 8.82. The van der Waals surface area contributed by atoms with Crippen LogP contribution in [0, 0.1) is 0 Å². The number of nitrogens with one attached hydrogen (secondary N) is 1. The summed E-state index contributed by atoms with van der Waals surface area (Å²) in [6, 6.07) is 14.8. The topological polar surface area (TPSA) is 56.8 Å². The Balaban J connectivity index is 1.95. The molecule has 2 rings (SSSR count). The minimum absolute atomic E-state index is 0.153. The van der Waals surface area contributed by atoms with E-state index in [1.807, 2.05) is 31.2 Å². The van der Waals surface area contributed by atoms with Crippen LogP contribution < -0.4 is 19.5 Å². The Morgan fingerprint density at radius 3 is 2.29 bits per heavy atom. The number of amides is 1. The minimum atomic E-state index is -0.548. The van der Waals surface area contributed by atoms with Gasteiger partial charge in [-0.1, -0.05) is 25.1 Å². The maximum absolute atomic E-state index is 12.4. The highest BCUT2D eigenvalue weighted by atomic mass is 16.5. The van der Waals surface area contributed by atoms with E-state index in [1.165, 1.54) is 0 Å². The van der Waals surface area contributed by atoms with Crippen LogP contribution in [-0.4, -0.2) is 26.2 Å². The first-order valence-corrected chi connectivity index (χ1v) is 7.88. The van der Waals surface area contributed by atoms with Crippen molar-refractivity contribution in [3.63, 3.8) is 0 Å². The molecule has 0 aliphatic heterocycles. The van der Waals surface area contributed by atoms with Gasteiger partial charge in [0.15, 0.2) is 6.10 Å². The molecule has 1 unspecified atom stereocenters. The molecule has 128 valence electrons. The highest BCUT2D eigenvalue weighted by molar-refractivity contribution is 5.81. The molecule has 0 aromatic heterocycles. The zero-order valence-electron chi connectivity index (χ0n) is 14.2. The number of carbonyl (C=O) groups is 1. The van der Waals surface area contributed by atoms with Gasteiger partial charge in [-0.05, 0) is 36.8 Å². The number of rotatable bonds is 8. The summed E-state index contributed by atoms with van der Waals surface area (Å²) in [6.07, 6.45) is 0.0251. The summed E-state index contributed by atoms with van der Waals surface area (Å²) in [5.74, 6) is 1.98. The van der Waals surface area contributed by atoms with Gasteiger partial charge >= 0.3 is 0 Å². The molecule has 0 heterocycles. The number of hydrogen-bond acceptors (Lipinski definition) is 4. The summed E-state index contributed by atoms with van der Waals surface area (Å²) in [7, 11) is 3.22. The van der Waals surface area contributed by atoms with Crippen molar-refractivity contribution in [2.75, 3.05) is 14.2 Å². The van der Waals surface area contributed by atoms with E-state index in [2.05, 4.69) is 5.32 Å². The standard InChI is InChI=1S/C19H23NO4/c1-4-17(24-16-11-9-15(22-2)10-12-16)19(21)20-13-14-7-5-6-8-18(14)23-3/h5-12,17H,4,13H2,1-3H3,(H,20,21). The van der Waals surface area contributed by atoms with Crippen LogP contribution in [0.5, 0.6) is 17.2 Å². The third kappa shape index (κ3) is 4.65. The van der Waals surface area contributed by atoms with Crippen LogP contribution in [0.4, 0.5) is 0 Å². The molecule has 1 amide bonds. The van der Waals surface area contributed by atoms with E-state index in [9.17, 15) is 4.79 Å². The average Bonchev–Trinajstić information content (AvgIpc) is 2.64. The molecule has 1 N–H and O–H groups in total. The maximum Gasteiger partial charge on any atom is 0.261 e. The second-order valence-corrected chi connectivity index (χ2v) is 5.22. The Bertz CT molecular complexity index is 655. The van der Waals surface area contributed by atoms with E-state index >= 15 is 0 Å². The molecule has 0 spiro atoms. The fraction of sp³-hybridized carbons (Fsp3) is 0.316. The maximum atomic E-state index is 12.4. The summed E-state index contributed by atoms with van der Waals surface area (Å²) < 4.78 is 16.2. The Labute approximate surface area is 142 Å². The summed E-state index contributed by atoms with van der Waals surface area (Å²) in [6.45, 7) is 2.31. The molecular weight excluding hydrogens is 306 g/mol. The van der Waals surface area contributed by atoms with Crippen LogP contribution in [0.3, 0.4) is 0 Å². The van der Waals surface area contributed by atoms with Crippen LogP contribution in [0.25, 0.3) is 0 Å². The van der Waals surface area contributed by atoms with Crippen molar-refractivity contribution < 1.29 is 19.0 Å². The number of carbonyl (C=O) groups excluding carboxylic acids is 1. The molecule has 5 nitrogen and oxygen atoms in total. The van der Waals surface area contributed by atoms with Gasteiger partial charge in [-0.2, -0.15) is 0 Å². The van der Waals surface area contributed by atoms with E-state index in [0.29, 0.717) is 18.7 Å². The zero-order valence-corrected chi connectivity index (χ0v) is 14.2. The molecule has 0 saturated heterocycles. The van der Waals surface area contributed by atoms with E-state index in [4.69, 9.17) is 14.2 Å². The number of methoxy groups -OCH3 is 2. The molecule has 0 saturated carbocycles. The van der Waals surface area contributed by atoms with Gasteiger partial charge in [0.25, 0.3) is 5.91 Å². The third-order valence-corrected chi connectivity index (χ3v) is 3.65. The van der Waals surface area contributed by atoms with Gasteiger partial charge in [0.1, 0.15) is 17.2 Å². The first-order valence-electron chi connectivity index (χ1n) is 7.88. The zero-order chi connectivity index (χ0) is 17.4. The number of benzene rings is 2. The predicted octanol–water partition coefficient (Wildman–Crippen LogP) is 3.18. The van der Waals surface area contributed by atoms with Crippen molar-refractivity contribution in [1.82, 2.24) is 5.32 Å². The predicted molar refractivity (Wildman–Crippen MR) is 92.5 cm³/mol. The molecule has 0 aliphatic rings. The third-order valence-electron chi connectivity index (χ3n) is 3.65. The van der Waals surface area contributed by atoms with Crippen molar-refractivity contribution in [1.29, 1.82) is 0 Å². The second-order valence-electron chi connectivity index (χ2n) is 5.22. The van der Waals surface area contributed by atoms with Crippen LogP contribution in [0.1, 0.15) is 18.9 Å². The number of ether oxygens (including phenoxy) is 3. The Morgan fingerprint density at radius 1 is 1.00 bits per heavy atom. The number of para-hydroxylation sites is 1. The van der Waals surface area contributed by atoms with Crippen LogP contribution >= 0.6 is 0 Å². The highest BCUT2D eigenvalue weighted by Crippen LogP contribution is 2.20. The van der Waals surface area contributed by atoms with Gasteiger partial charge in [0.2, 0.25) is 0 Å². The molecule has 5 heteroatoms. The van der Waals surface area contributed by atoms with Gasteiger partial charge < -0.3 is 19.5 Å². The SMILES string of the molecule is CCC(Oc1ccc(OC)cc1)C(=O)NCc1ccccc1OC. The van der Waals surface area contributed by atoms with Gasteiger partial charge in [0.05, 0.1) is 14.2 Å². The quantitative estimate of drug-likeness (QED) is 0.808. The summed E-state index contributed by atoms with van der Waals surface area (Å²) in [5, 5.41) is 2.90. The van der Waals surface area contributed by atoms with Gasteiger partial charge in [0, 0.05) is 12.1 Å². The first-order chi connectivity index (χ1) is 11.7. The largest absolute Gasteiger partial charge is 0.497 e. The molecule has 2 aromatic carbocycles. The first kappa shape index (κ1) is 17.7. The average molecular weight is 329 g/mol. The minimum Gasteiger partial charge on any atom is -0.497 e. The Kier molecular flexibility index (Phi) is 6.49. The lowest BCUT2D eigenvalue weighted by Crippen LogP contribution is -2.37. The van der Waals surface area contributed by atoms with Crippen molar-refractivity contribution in [2.45, 2.75) is 26.0 Å². The van der Waals surface area contributed by atoms with Crippen LogP contribution in [0.2, 0.25) is 0 Å². The van der Waals surface area contributed by atoms with Gasteiger partial charge in [-0.25, -0.2) is 0 Å². The molecule has 0 fully saturated rings. The van der Waals surface area contributed by atoms with Crippen LogP contribution in [-0.2, 0) is 11.3 Å². The molecular formula is C19H23NO4. The fourth-order valence-electron chi connectivity index (χ4n) is 2.29. The van der Waals surface area contributed by atoms with E-state index in [1.54, 1.807) is 38.5 Å². The molecule has 1 atom stereocenters. The molecule has 2 aromatic rings. The molecule has 0 bridgehead atoms. The lowest BCUT2D eigenvalue weighted by atomic mass is 10.2. The van der Waals surface area contributed by atoms with E-state index < -0.39 is 6.10 Å². The molecule has 0 aliphatic carbocycles. The monoisotopic (exact) mass is 329 g/mol. The van der Waals surface area contributed by atoms with Crippen molar-refractivity contribution in [3.8, 4) is 17.2 Å². The van der Waals surface area contributed by atoms with Gasteiger partial charge in [-0.15, -0.1) is 0 Å². The fourth-order valence-corrected chi connectivity index (χ4v) is 2.29.